The smallest absolute Gasteiger partial charge is 0.316 e. The van der Waals surface area contributed by atoms with Crippen LogP contribution < -0.4 is 15.2 Å². The molecule has 0 aliphatic heterocycles. The molecule has 1 aromatic carbocycles. The third-order valence-corrected chi connectivity index (χ3v) is 4.22. The van der Waals surface area contributed by atoms with Crippen molar-refractivity contribution >= 4 is 21.7 Å². The summed E-state index contributed by atoms with van der Waals surface area (Å²) in [5.41, 5.74) is -0.751. The van der Waals surface area contributed by atoms with Crippen molar-refractivity contribution in [2.75, 3.05) is 12.4 Å². The Kier molecular flexibility index (Phi) is 4.86. The van der Waals surface area contributed by atoms with Gasteiger partial charge in [0.25, 0.3) is 0 Å². The Morgan fingerprint density at radius 1 is 1.38 bits per heavy atom. The normalized spacial score (nSPS) is 12.9. The number of anilines is 1. The lowest BCUT2D eigenvalue weighted by atomic mass is 10.0. The zero-order valence-corrected chi connectivity index (χ0v) is 14.1. The van der Waals surface area contributed by atoms with E-state index in [4.69, 9.17) is 9.15 Å². The zero-order valence-electron chi connectivity index (χ0n) is 13.3. The summed E-state index contributed by atoms with van der Waals surface area (Å²) in [7, 11) is -2.93. The molecule has 0 spiro atoms. The van der Waals surface area contributed by atoms with Gasteiger partial charge < -0.3 is 24.7 Å². The molecule has 2 N–H and O–H groups in total. The van der Waals surface area contributed by atoms with Crippen molar-refractivity contribution in [3.05, 3.63) is 42.2 Å². The highest BCUT2D eigenvalue weighted by Gasteiger charge is 2.24. The summed E-state index contributed by atoms with van der Waals surface area (Å²) < 4.78 is 37.3. The first-order valence-corrected chi connectivity index (χ1v) is 8.31. The second kappa shape index (κ2) is 6.54. The van der Waals surface area contributed by atoms with E-state index in [1.165, 1.54) is 27.0 Å². The number of amidine groups is 1. The maximum Gasteiger partial charge on any atom is 0.316 e. The van der Waals surface area contributed by atoms with Gasteiger partial charge in [0.2, 0.25) is 5.09 Å². The Balaban J connectivity index is 2.26. The highest BCUT2D eigenvalue weighted by atomic mass is 32.2. The van der Waals surface area contributed by atoms with Crippen LogP contribution >= 0.6 is 0 Å². The van der Waals surface area contributed by atoms with Crippen LogP contribution in [0.3, 0.4) is 0 Å². The lowest BCUT2D eigenvalue weighted by Gasteiger charge is -2.15. The summed E-state index contributed by atoms with van der Waals surface area (Å²) in [4.78, 5) is 0. The van der Waals surface area contributed by atoms with Crippen LogP contribution in [0.15, 0.2) is 50.5 Å². The number of aliphatic hydroxyl groups is 1. The number of methoxy groups -OCH3 is 1. The van der Waals surface area contributed by atoms with E-state index in [1.54, 1.807) is 18.2 Å². The van der Waals surface area contributed by atoms with E-state index in [-0.39, 0.29) is 11.3 Å². The molecule has 0 fully saturated rings. The molecule has 0 aliphatic carbocycles. The third kappa shape index (κ3) is 4.06. The van der Waals surface area contributed by atoms with Gasteiger partial charge in [-0.2, -0.15) is 12.8 Å². The minimum atomic E-state index is -4.34. The average molecular weight is 353 g/mol. The second-order valence-electron chi connectivity index (χ2n) is 5.41. The first kappa shape index (κ1) is 17.8. The summed E-state index contributed by atoms with van der Waals surface area (Å²) in [6.07, 6.45) is 1.10. The Morgan fingerprint density at radius 3 is 2.62 bits per heavy atom. The summed E-state index contributed by atoms with van der Waals surface area (Å²) in [6.45, 7) is 2.94. The van der Waals surface area contributed by atoms with E-state index < -0.39 is 26.7 Å². The molecule has 0 unspecified atom stereocenters. The second-order valence-corrected chi connectivity index (χ2v) is 6.95. The van der Waals surface area contributed by atoms with Crippen molar-refractivity contribution in [3.63, 3.8) is 0 Å². The molecule has 24 heavy (non-hydrogen) atoms. The number of nitrogens with zero attached hydrogens (tertiary/aromatic N) is 1. The third-order valence-electron chi connectivity index (χ3n) is 3.09. The Bertz CT molecular complexity index is 849. The van der Waals surface area contributed by atoms with Crippen molar-refractivity contribution in [1.29, 1.82) is 0 Å². The summed E-state index contributed by atoms with van der Waals surface area (Å²) in [6, 6.07) is 6.51. The fourth-order valence-electron chi connectivity index (χ4n) is 1.81. The SMILES string of the molecule is COc1ccccc1N/C([O-])=N/S(=O)(=O)c1cc(C(C)(C)O)co1. The number of rotatable bonds is 5. The number of nitrogens with one attached hydrogen (secondary N) is 1. The van der Waals surface area contributed by atoms with Gasteiger partial charge in [-0.05, 0) is 26.0 Å². The monoisotopic (exact) mass is 353 g/mol. The highest BCUT2D eigenvalue weighted by Crippen LogP contribution is 2.26. The van der Waals surface area contributed by atoms with Gasteiger partial charge in [-0.1, -0.05) is 12.1 Å². The Morgan fingerprint density at radius 2 is 2.04 bits per heavy atom. The summed E-state index contributed by atoms with van der Waals surface area (Å²) >= 11 is 0. The molecule has 0 aliphatic rings. The summed E-state index contributed by atoms with van der Waals surface area (Å²) in [5.74, 6) is 0.362. The Hall–Kier alpha value is -2.52. The van der Waals surface area contributed by atoms with E-state index in [1.807, 2.05) is 0 Å². The first-order valence-electron chi connectivity index (χ1n) is 6.87. The lowest BCUT2D eigenvalue weighted by Crippen LogP contribution is -2.28. The Labute approximate surface area is 139 Å². The van der Waals surface area contributed by atoms with Crippen LogP contribution in [0.5, 0.6) is 5.75 Å². The zero-order chi connectivity index (χ0) is 18.0. The molecule has 0 amide bonds. The number of hydrogen-bond acceptors (Lipinski definition) is 6. The van der Waals surface area contributed by atoms with Crippen LogP contribution in [0.25, 0.3) is 0 Å². The van der Waals surface area contributed by atoms with Crippen molar-refractivity contribution < 1.29 is 27.8 Å². The van der Waals surface area contributed by atoms with E-state index in [2.05, 4.69) is 9.71 Å². The molecule has 8 nitrogen and oxygen atoms in total. The minimum Gasteiger partial charge on any atom is -0.845 e. The fourth-order valence-corrected chi connectivity index (χ4v) is 2.61. The van der Waals surface area contributed by atoms with Crippen molar-refractivity contribution in [2.45, 2.75) is 24.5 Å². The molecule has 1 heterocycles. The molecule has 0 radical (unpaired) electrons. The molecule has 9 heteroatoms. The number of benzene rings is 1. The van der Waals surface area contributed by atoms with Gasteiger partial charge in [-0.15, -0.1) is 0 Å². The number of sulfonamides is 1. The minimum absolute atomic E-state index is 0.251. The highest BCUT2D eigenvalue weighted by molar-refractivity contribution is 7.90. The van der Waals surface area contributed by atoms with E-state index in [0.717, 1.165) is 12.3 Å². The number of para-hydroxylation sites is 2. The van der Waals surface area contributed by atoms with E-state index >= 15 is 0 Å². The van der Waals surface area contributed by atoms with Crippen molar-refractivity contribution in [2.24, 2.45) is 4.40 Å². The molecule has 0 saturated heterocycles. The van der Waals surface area contributed by atoms with Crippen LogP contribution in [-0.4, -0.2) is 26.7 Å². The topological polar surface area (TPSA) is 124 Å². The van der Waals surface area contributed by atoms with Gasteiger partial charge in [0.15, 0.2) is 0 Å². The fraction of sp³-hybridized carbons (Fsp3) is 0.267. The van der Waals surface area contributed by atoms with Crippen LogP contribution in [0.4, 0.5) is 5.69 Å². The molecule has 0 atom stereocenters. The molecule has 0 bridgehead atoms. The maximum atomic E-state index is 12.1. The molecule has 2 aromatic rings. The van der Waals surface area contributed by atoms with Gasteiger partial charge in [0.05, 0.1) is 30.7 Å². The lowest BCUT2D eigenvalue weighted by molar-refractivity contribution is -0.213. The standard InChI is InChI=1S/C15H18N2O6S/c1-15(2,19)10-8-13(23-9-10)24(20,21)17-14(18)16-11-6-4-5-7-12(11)22-3/h4-9,19H,1-3H3,(H2,16,17,18)/p-1. The van der Waals surface area contributed by atoms with Gasteiger partial charge in [0, 0.05) is 11.6 Å². The predicted octanol–water partition coefficient (Wildman–Crippen LogP) is 1.03. The van der Waals surface area contributed by atoms with Crippen LogP contribution in [0.2, 0.25) is 0 Å². The van der Waals surface area contributed by atoms with Gasteiger partial charge in [-0.3, -0.25) is 0 Å². The number of hydrogen-bond donors (Lipinski definition) is 2. The molecule has 1 aromatic heterocycles. The molecule has 0 saturated carbocycles. The molecule has 130 valence electrons. The quantitative estimate of drug-likeness (QED) is 0.607. The van der Waals surface area contributed by atoms with Crippen LogP contribution in [0, 0.1) is 0 Å². The van der Waals surface area contributed by atoms with Crippen LogP contribution in [-0.2, 0) is 15.6 Å². The molecular formula is C15H17N2O6S-. The average Bonchev–Trinajstić information content (AvgIpc) is 2.98. The number of furan rings is 1. The van der Waals surface area contributed by atoms with Gasteiger partial charge in [-0.25, -0.2) is 0 Å². The number of ether oxygens (including phenoxy) is 1. The van der Waals surface area contributed by atoms with E-state index in [9.17, 15) is 18.6 Å². The predicted molar refractivity (Wildman–Crippen MR) is 85.2 cm³/mol. The van der Waals surface area contributed by atoms with E-state index in [0.29, 0.717) is 5.75 Å². The van der Waals surface area contributed by atoms with Gasteiger partial charge in [0.1, 0.15) is 5.75 Å². The maximum absolute atomic E-state index is 12.1. The largest absolute Gasteiger partial charge is 0.845 e. The molecule has 2 rings (SSSR count). The van der Waals surface area contributed by atoms with Crippen molar-refractivity contribution in [3.8, 4) is 5.75 Å². The summed E-state index contributed by atoms with van der Waals surface area (Å²) in [5, 5.41) is 23.5. The first-order chi connectivity index (χ1) is 11.1. The van der Waals surface area contributed by atoms with Crippen LogP contribution in [0.1, 0.15) is 19.4 Å². The molecular weight excluding hydrogens is 336 g/mol. The van der Waals surface area contributed by atoms with Gasteiger partial charge >= 0.3 is 10.0 Å². The van der Waals surface area contributed by atoms with Crippen molar-refractivity contribution in [1.82, 2.24) is 0 Å².